The van der Waals surface area contributed by atoms with Crippen molar-refractivity contribution in [3.8, 4) is 11.5 Å². The lowest BCUT2D eigenvalue weighted by atomic mass is 10.1. The summed E-state index contributed by atoms with van der Waals surface area (Å²) in [6.07, 6.45) is 2.38. The summed E-state index contributed by atoms with van der Waals surface area (Å²) in [5.74, 6) is 2.88. The highest BCUT2D eigenvalue weighted by atomic mass is 16.5. The van der Waals surface area contributed by atoms with E-state index in [1.165, 1.54) is 5.56 Å². The molecular formula is C29H31N3O3. The number of imidazole rings is 1. The normalized spacial score (nSPS) is 15.7. The molecule has 35 heavy (non-hydrogen) atoms. The van der Waals surface area contributed by atoms with Gasteiger partial charge < -0.3 is 18.9 Å². The molecule has 1 amide bonds. The fourth-order valence-electron chi connectivity index (χ4n) is 4.80. The second-order valence-corrected chi connectivity index (χ2v) is 9.09. The number of benzene rings is 3. The van der Waals surface area contributed by atoms with Crippen LogP contribution in [0.4, 0.5) is 5.69 Å². The number of anilines is 1. The summed E-state index contributed by atoms with van der Waals surface area (Å²) in [4.78, 5) is 19.8. The lowest BCUT2D eigenvalue weighted by molar-refractivity contribution is -0.117. The number of rotatable bonds is 9. The monoisotopic (exact) mass is 469 g/mol. The van der Waals surface area contributed by atoms with Crippen LogP contribution < -0.4 is 14.4 Å². The molecule has 1 aliphatic rings. The van der Waals surface area contributed by atoms with Crippen molar-refractivity contribution in [3.05, 3.63) is 84.2 Å². The Kier molecular flexibility index (Phi) is 6.70. The molecule has 0 unspecified atom stereocenters. The van der Waals surface area contributed by atoms with Gasteiger partial charge in [-0.25, -0.2) is 4.98 Å². The van der Waals surface area contributed by atoms with Gasteiger partial charge in [-0.15, -0.1) is 0 Å². The van der Waals surface area contributed by atoms with Crippen LogP contribution in [-0.4, -0.2) is 35.7 Å². The van der Waals surface area contributed by atoms with Gasteiger partial charge >= 0.3 is 0 Å². The van der Waals surface area contributed by atoms with Gasteiger partial charge in [-0.1, -0.05) is 24.3 Å². The van der Waals surface area contributed by atoms with Gasteiger partial charge in [0.25, 0.3) is 0 Å². The molecule has 1 aromatic heterocycles. The predicted molar refractivity (Wildman–Crippen MR) is 138 cm³/mol. The Bertz CT molecular complexity index is 1310. The quantitative estimate of drug-likeness (QED) is 0.294. The van der Waals surface area contributed by atoms with Gasteiger partial charge in [0.1, 0.15) is 17.3 Å². The first-order chi connectivity index (χ1) is 17.1. The number of para-hydroxylation sites is 2. The minimum Gasteiger partial charge on any atom is -0.497 e. The minimum absolute atomic E-state index is 0.0561. The molecule has 2 heterocycles. The predicted octanol–water partition coefficient (Wildman–Crippen LogP) is 5.73. The first-order valence-electron chi connectivity index (χ1n) is 12.2. The average Bonchev–Trinajstić information content (AvgIpc) is 3.44. The average molecular weight is 470 g/mol. The molecule has 4 aromatic rings. The van der Waals surface area contributed by atoms with Crippen molar-refractivity contribution in [2.24, 2.45) is 0 Å². The van der Waals surface area contributed by atoms with E-state index < -0.39 is 0 Å². The summed E-state index contributed by atoms with van der Waals surface area (Å²) in [7, 11) is 1.64. The van der Waals surface area contributed by atoms with Crippen molar-refractivity contribution < 1.29 is 14.3 Å². The Morgan fingerprint density at radius 3 is 2.60 bits per heavy atom. The molecule has 3 aromatic carbocycles. The fourth-order valence-corrected chi connectivity index (χ4v) is 4.80. The number of carbonyl (C=O) groups excluding carboxylic acids is 1. The summed E-state index contributed by atoms with van der Waals surface area (Å²) in [6, 6.07) is 24.1. The molecule has 0 radical (unpaired) electrons. The number of hydrogen-bond acceptors (Lipinski definition) is 4. The maximum atomic E-state index is 12.9. The van der Waals surface area contributed by atoms with Crippen LogP contribution in [0.25, 0.3) is 11.0 Å². The minimum atomic E-state index is 0.0561. The van der Waals surface area contributed by atoms with Crippen molar-refractivity contribution in [2.45, 2.75) is 38.6 Å². The lowest BCUT2D eigenvalue weighted by Crippen LogP contribution is -2.24. The molecule has 1 aliphatic heterocycles. The second kappa shape index (κ2) is 10.2. The van der Waals surface area contributed by atoms with E-state index >= 15 is 0 Å². The Hall–Kier alpha value is -3.80. The van der Waals surface area contributed by atoms with Crippen LogP contribution >= 0.6 is 0 Å². The molecule has 1 fully saturated rings. The highest BCUT2D eigenvalue weighted by Gasteiger charge is 2.34. The van der Waals surface area contributed by atoms with Gasteiger partial charge in [-0.3, -0.25) is 4.79 Å². The molecular weight excluding hydrogens is 438 g/mol. The third-order valence-electron chi connectivity index (χ3n) is 6.59. The molecule has 5 rings (SSSR count). The zero-order valence-corrected chi connectivity index (χ0v) is 20.3. The third kappa shape index (κ3) is 5.02. The van der Waals surface area contributed by atoms with Gasteiger partial charge in [-0.05, 0) is 73.9 Å². The molecule has 0 aliphatic carbocycles. The Balaban J connectivity index is 1.29. The highest BCUT2D eigenvalue weighted by molar-refractivity contribution is 5.96. The molecule has 1 atom stereocenters. The lowest BCUT2D eigenvalue weighted by Gasteiger charge is -2.18. The zero-order chi connectivity index (χ0) is 24.2. The van der Waals surface area contributed by atoms with Crippen molar-refractivity contribution in [1.82, 2.24) is 9.55 Å². The number of unbranched alkanes of at least 4 members (excludes halogenated alkanes) is 1. The maximum absolute atomic E-state index is 12.9. The fraction of sp³-hybridized carbons (Fsp3) is 0.310. The SMILES string of the molecule is COc1ccc(N2C[C@H](c3nc4ccccc4n3CCCCOc3cccc(C)c3)CC2=O)cc1. The molecule has 6 nitrogen and oxygen atoms in total. The van der Waals surface area contributed by atoms with E-state index in [0.717, 1.165) is 53.4 Å². The van der Waals surface area contributed by atoms with E-state index in [0.29, 0.717) is 19.6 Å². The summed E-state index contributed by atoms with van der Waals surface area (Å²) in [5.41, 5.74) is 4.20. The first-order valence-corrected chi connectivity index (χ1v) is 12.2. The van der Waals surface area contributed by atoms with Gasteiger partial charge in [0.15, 0.2) is 0 Å². The first kappa shape index (κ1) is 23.0. The molecule has 0 saturated carbocycles. The number of carbonyl (C=O) groups is 1. The summed E-state index contributed by atoms with van der Waals surface area (Å²) in [5, 5.41) is 0. The molecule has 0 N–H and O–H groups in total. The number of aromatic nitrogens is 2. The van der Waals surface area contributed by atoms with Gasteiger partial charge in [0.05, 0.1) is 24.8 Å². The van der Waals surface area contributed by atoms with Crippen LogP contribution in [0.1, 0.15) is 36.6 Å². The van der Waals surface area contributed by atoms with E-state index in [9.17, 15) is 4.79 Å². The van der Waals surface area contributed by atoms with E-state index in [1.807, 2.05) is 53.4 Å². The number of aryl methyl sites for hydroxylation is 2. The van der Waals surface area contributed by atoms with E-state index in [1.54, 1.807) is 7.11 Å². The second-order valence-electron chi connectivity index (χ2n) is 9.09. The van der Waals surface area contributed by atoms with E-state index in [2.05, 4.69) is 35.8 Å². The van der Waals surface area contributed by atoms with Gasteiger partial charge in [0.2, 0.25) is 5.91 Å². The summed E-state index contributed by atoms with van der Waals surface area (Å²) in [6.45, 7) is 4.23. The van der Waals surface area contributed by atoms with E-state index in [4.69, 9.17) is 14.5 Å². The van der Waals surface area contributed by atoms with E-state index in [-0.39, 0.29) is 11.8 Å². The smallest absolute Gasteiger partial charge is 0.227 e. The standard InChI is InChI=1S/C29H31N3O3/c1-21-8-7-9-25(18-21)35-17-6-5-16-31-27-11-4-3-10-26(27)30-29(31)22-19-28(33)32(20-22)23-12-14-24(34-2)15-13-23/h3-4,7-15,18,22H,5-6,16-17,19-20H2,1-2H3/t22-/m1/s1. The Labute approximate surface area is 206 Å². The van der Waals surface area contributed by atoms with Crippen molar-refractivity contribution >= 4 is 22.6 Å². The van der Waals surface area contributed by atoms with Crippen molar-refractivity contribution in [3.63, 3.8) is 0 Å². The zero-order valence-electron chi connectivity index (χ0n) is 20.3. The van der Waals surface area contributed by atoms with Crippen molar-refractivity contribution in [2.75, 3.05) is 25.2 Å². The van der Waals surface area contributed by atoms with Crippen LogP contribution in [0.2, 0.25) is 0 Å². The highest BCUT2D eigenvalue weighted by Crippen LogP contribution is 2.34. The topological polar surface area (TPSA) is 56.6 Å². The van der Waals surface area contributed by atoms with Gasteiger partial charge in [0, 0.05) is 31.1 Å². The maximum Gasteiger partial charge on any atom is 0.227 e. The van der Waals surface area contributed by atoms with Crippen molar-refractivity contribution in [1.29, 1.82) is 0 Å². The summed E-state index contributed by atoms with van der Waals surface area (Å²) < 4.78 is 13.5. The number of hydrogen-bond donors (Lipinski definition) is 0. The number of ether oxygens (including phenoxy) is 2. The molecule has 0 bridgehead atoms. The molecule has 0 spiro atoms. The van der Waals surface area contributed by atoms with Gasteiger partial charge in [-0.2, -0.15) is 0 Å². The van der Waals surface area contributed by atoms with Crippen LogP contribution in [0.3, 0.4) is 0 Å². The Morgan fingerprint density at radius 1 is 0.971 bits per heavy atom. The third-order valence-corrected chi connectivity index (χ3v) is 6.59. The molecule has 180 valence electrons. The number of amides is 1. The summed E-state index contributed by atoms with van der Waals surface area (Å²) >= 11 is 0. The van der Waals surface area contributed by atoms with Crippen LogP contribution in [0.15, 0.2) is 72.8 Å². The number of fused-ring (bicyclic) bond motifs is 1. The number of methoxy groups -OCH3 is 1. The van der Waals surface area contributed by atoms with Crippen LogP contribution in [-0.2, 0) is 11.3 Å². The largest absolute Gasteiger partial charge is 0.497 e. The number of nitrogens with zero attached hydrogens (tertiary/aromatic N) is 3. The molecule has 6 heteroatoms. The Morgan fingerprint density at radius 2 is 1.80 bits per heavy atom. The molecule has 1 saturated heterocycles. The van der Waals surface area contributed by atoms with Crippen LogP contribution in [0.5, 0.6) is 11.5 Å². The van der Waals surface area contributed by atoms with Crippen LogP contribution in [0, 0.1) is 6.92 Å².